The summed E-state index contributed by atoms with van der Waals surface area (Å²) in [5.41, 5.74) is 6.19. The molecule has 1 aromatic heterocycles. The lowest BCUT2D eigenvalue weighted by Crippen LogP contribution is -2.25. The smallest absolute Gasteiger partial charge is 0.234 e. The molecule has 0 aromatic carbocycles. The highest BCUT2D eigenvalue weighted by molar-refractivity contribution is 7.92. The Kier molecular flexibility index (Phi) is 4.23. The van der Waals surface area contributed by atoms with E-state index in [-0.39, 0.29) is 18.2 Å². The van der Waals surface area contributed by atoms with Gasteiger partial charge in [-0.1, -0.05) is 19.3 Å². The largest absolute Gasteiger partial charge is 0.326 e. The summed E-state index contributed by atoms with van der Waals surface area (Å²) in [6, 6.07) is 0. The number of sulfonamides is 1. The third-order valence-electron chi connectivity index (χ3n) is 3.38. The lowest BCUT2D eigenvalue weighted by atomic mass is 9.91. The van der Waals surface area contributed by atoms with Crippen LogP contribution in [0.4, 0.5) is 5.82 Å². The number of aromatic amines is 1. The summed E-state index contributed by atoms with van der Waals surface area (Å²) in [6.45, 7) is 0.262. The molecule has 4 N–H and O–H groups in total. The minimum atomic E-state index is -3.31. The number of nitrogens with two attached hydrogens (primary N) is 1. The number of anilines is 1. The highest BCUT2D eigenvalue weighted by Crippen LogP contribution is 2.25. The van der Waals surface area contributed by atoms with E-state index in [1.807, 2.05) is 0 Å². The second-order valence-corrected chi connectivity index (χ2v) is 6.63. The second kappa shape index (κ2) is 5.71. The summed E-state index contributed by atoms with van der Waals surface area (Å²) in [4.78, 5) is 0. The molecule has 7 heteroatoms. The van der Waals surface area contributed by atoms with Crippen molar-refractivity contribution in [3.63, 3.8) is 0 Å². The van der Waals surface area contributed by atoms with Crippen LogP contribution < -0.4 is 10.5 Å². The van der Waals surface area contributed by atoms with Gasteiger partial charge in [-0.3, -0.25) is 9.82 Å². The van der Waals surface area contributed by atoms with E-state index in [0.717, 1.165) is 25.7 Å². The van der Waals surface area contributed by atoms with Crippen molar-refractivity contribution in [1.82, 2.24) is 10.2 Å². The average molecular weight is 272 g/mol. The highest BCUT2D eigenvalue weighted by atomic mass is 32.2. The van der Waals surface area contributed by atoms with Crippen LogP contribution in [0.3, 0.4) is 0 Å². The Hall–Kier alpha value is -1.08. The first-order valence-electron chi connectivity index (χ1n) is 6.33. The molecule has 1 heterocycles. The Morgan fingerprint density at radius 3 is 2.78 bits per heavy atom. The van der Waals surface area contributed by atoms with Gasteiger partial charge in [0.1, 0.15) is 5.82 Å². The Morgan fingerprint density at radius 2 is 2.11 bits per heavy atom. The fourth-order valence-electron chi connectivity index (χ4n) is 2.42. The van der Waals surface area contributed by atoms with Crippen molar-refractivity contribution in [3.05, 3.63) is 11.8 Å². The van der Waals surface area contributed by atoms with E-state index in [1.165, 1.54) is 6.42 Å². The van der Waals surface area contributed by atoms with Crippen LogP contribution in [0.1, 0.15) is 37.7 Å². The number of aromatic nitrogens is 2. The minimum absolute atomic E-state index is 0.191. The fourth-order valence-corrected chi connectivity index (χ4v) is 3.94. The number of rotatable bonds is 5. The zero-order valence-corrected chi connectivity index (χ0v) is 11.2. The Balaban J connectivity index is 1.98. The summed E-state index contributed by atoms with van der Waals surface area (Å²) >= 11 is 0. The molecule has 2 rings (SSSR count). The van der Waals surface area contributed by atoms with E-state index in [0.29, 0.717) is 11.4 Å². The van der Waals surface area contributed by atoms with Crippen molar-refractivity contribution in [3.8, 4) is 0 Å². The Labute approximate surface area is 107 Å². The molecule has 102 valence electrons. The Morgan fingerprint density at radius 1 is 1.39 bits per heavy atom. The predicted octanol–water partition coefficient (Wildman–Crippen LogP) is 1.19. The maximum Gasteiger partial charge on any atom is 0.234 e. The molecule has 0 amide bonds. The van der Waals surface area contributed by atoms with Crippen molar-refractivity contribution in [2.45, 2.75) is 38.6 Å². The molecule has 0 atom stereocenters. The SMILES string of the molecule is NCc1cn[nH]c1NS(=O)(=O)CC1CCCCC1. The van der Waals surface area contributed by atoms with Gasteiger partial charge in [-0.25, -0.2) is 8.42 Å². The van der Waals surface area contributed by atoms with Crippen LogP contribution in [0.15, 0.2) is 6.20 Å². The van der Waals surface area contributed by atoms with Crippen LogP contribution in [0.5, 0.6) is 0 Å². The van der Waals surface area contributed by atoms with Crippen LogP contribution in [0.25, 0.3) is 0 Å². The van der Waals surface area contributed by atoms with E-state index in [2.05, 4.69) is 14.9 Å². The number of hydrogen-bond acceptors (Lipinski definition) is 4. The topological polar surface area (TPSA) is 101 Å². The quantitative estimate of drug-likeness (QED) is 0.749. The van der Waals surface area contributed by atoms with Gasteiger partial charge in [-0.2, -0.15) is 5.10 Å². The van der Waals surface area contributed by atoms with Crippen molar-refractivity contribution in [1.29, 1.82) is 0 Å². The predicted molar refractivity (Wildman–Crippen MR) is 70.5 cm³/mol. The maximum absolute atomic E-state index is 12.0. The standard InChI is InChI=1S/C11H20N4O2S/c12-6-10-7-13-14-11(10)15-18(16,17)8-9-4-2-1-3-5-9/h7,9H,1-6,8,12H2,(H2,13,14,15). The maximum atomic E-state index is 12.0. The molecule has 0 spiro atoms. The molecule has 18 heavy (non-hydrogen) atoms. The third kappa shape index (κ3) is 3.46. The molecule has 0 unspecified atom stereocenters. The average Bonchev–Trinajstić information content (AvgIpc) is 2.76. The zero-order valence-electron chi connectivity index (χ0n) is 10.4. The van der Waals surface area contributed by atoms with Gasteiger partial charge < -0.3 is 5.73 Å². The van der Waals surface area contributed by atoms with Crippen LogP contribution >= 0.6 is 0 Å². The van der Waals surface area contributed by atoms with Gasteiger partial charge >= 0.3 is 0 Å². The molecular weight excluding hydrogens is 252 g/mol. The van der Waals surface area contributed by atoms with Gasteiger partial charge in [0.2, 0.25) is 10.0 Å². The van der Waals surface area contributed by atoms with E-state index in [9.17, 15) is 8.42 Å². The summed E-state index contributed by atoms with van der Waals surface area (Å²) in [7, 11) is -3.31. The molecule has 1 fully saturated rings. The lowest BCUT2D eigenvalue weighted by molar-refractivity contribution is 0.385. The number of nitrogens with one attached hydrogen (secondary N) is 2. The number of nitrogens with zero attached hydrogens (tertiary/aromatic N) is 1. The van der Waals surface area contributed by atoms with E-state index >= 15 is 0 Å². The van der Waals surface area contributed by atoms with Gasteiger partial charge in [0.25, 0.3) is 0 Å². The summed E-state index contributed by atoms with van der Waals surface area (Å²) in [5.74, 6) is 0.865. The molecule has 0 radical (unpaired) electrons. The van der Waals surface area contributed by atoms with Gasteiger partial charge in [0.05, 0.1) is 11.9 Å². The van der Waals surface area contributed by atoms with Crippen molar-refractivity contribution in [2.24, 2.45) is 11.7 Å². The molecule has 0 saturated heterocycles. The molecule has 1 saturated carbocycles. The first kappa shape index (κ1) is 13.4. The van der Waals surface area contributed by atoms with E-state index in [4.69, 9.17) is 5.73 Å². The monoisotopic (exact) mass is 272 g/mol. The summed E-state index contributed by atoms with van der Waals surface area (Å²) in [6.07, 6.45) is 7.05. The van der Waals surface area contributed by atoms with E-state index < -0.39 is 10.0 Å². The van der Waals surface area contributed by atoms with Crippen LogP contribution in [-0.4, -0.2) is 24.4 Å². The fraction of sp³-hybridized carbons (Fsp3) is 0.727. The van der Waals surface area contributed by atoms with Gasteiger partial charge in [-0.15, -0.1) is 0 Å². The van der Waals surface area contributed by atoms with Gasteiger partial charge in [0, 0.05) is 12.1 Å². The third-order valence-corrected chi connectivity index (χ3v) is 4.80. The number of H-pyrrole nitrogens is 1. The molecule has 0 bridgehead atoms. The molecule has 0 aliphatic heterocycles. The molecule has 1 aromatic rings. The van der Waals surface area contributed by atoms with E-state index in [1.54, 1.807) is 6.20 Å². The van der Waals surface area contributed by atoms with Gasteiger partial charge in [-0.05, 0) is 18.8 Å². The molecule has 1 aliphatic rings. The normalized spacial score (nSPS) is 17.8. The van der Waals surface area contributed by atoms with Crippen LogP contribution in [0.2, 0.25) is 0 Å². The van der Waals surface area contributed by atoms with Crippen molar-refractivity contribution in [2.75, 3.05) is 10.5 Å². The number of hydrogen-bond donors (Lipinski definition) is 3. The van der Waals surface area contributed by atoms with Crippen LogP contribution in [0, 0.1) is 5.92 Å². The summed E-state index contributed by atoms with van der Waals surface area (Å²) in [5, 5.41) is 6.42. The first-order valence-corrected chi connectivity index (χ1v) is 7.99. The molecular formula is C11H20N4O2S. The molecule has 1 aliphatic carbocycles. The summed E-state index contributed by atoms with van der Waals surface area (Å²) < 4.78 is 26.6. The van der Waals surface area contributed by atoms with Gasteiger partial charge in [0.15, 0.2) is 0 Å². The first-order chi connectivity index (χ1) is 8.61. The second-order valence-electron chi connectivity index (χ2n) is 4.86. The highest BCUT2D eigenvalue weighted by Gasteiger charge is 2.22. The molecule has 6 nitrogen and oxygen atoms in total. The minimum Gasteiger partial charge on any atom is -0.326 e. The van der Waals surface area contributed by atoms with Crippen LogP contribution in [-0.2, 0) is 16.6 Å². The zero-order chi connectivity index (χ0) is 13.0. The Bertz CT molecular complexity index is 477. The van der Waals surface area contributed by atoms with Crippen molar-refractivity contribution < 1.29 is 8.42 Å². The van der Waals surface area contributed by atoms with Crippen molar-refractivity contribution >= 4 is 15.8 Å². The lowest BCUT2D eigenvalue weighted by Gasteiger charge is -2.21.